The van der Waals surface area contributed by atoms with Gasteiger partial charge in [-0.1, -0.05) is 35.9 Å². The average Bonchev–Trinajstić information content (AvgIpc) is 2.72. The summed E-state index contributed by atoms with van der Waals surface area (Å²) in [6.45, 7) is 0.0724. The number of hydrogen-bond donors (Lipinski definition) is 1. The van der Waals surface area contributed by atoms with Crippen LogP contribution in [0.4, 0.5) is 0 Å². The molecule has 28 heavy (non-hydrogen) atoms. The quantitative estimate of drug-likeness (QED) is 0.572. The Morgan fingerprint density at radius 2 is 1.71 bits per heavy atom. The van der Waals surface area contributed by atoms with Crippen LogP contribution in [0.1, 0.15) is 21.5 Å². The van der Waals surface area contributed by atoms with E-state index in [-0.39, 0.29) is 24.9 Å². The maximum absolute atomic E-state index is 12.6. The van der Waals surface area contributed by atoms with Crippen molar-refractivity contribution in [3.8, 4) is 0 Å². The minimum absolute atomic E-state index is 0.169. The molecular weight excluding hydrogens is 380 g/mol. The van der Waals surface area contributed by atoms with Gasteiger partial charge in [0.2, 0.25) is 5.91 Å². The second-order valence-electron chi connectivity index (χ2n) is 5.93. The van der Waals surface area contributed by atoms with Crippen LogP contribution in [0, 0.1) is 0 Å². The van der Waals surface area contributed by atoms with E-state index in [0.717, 1.165) is 11.1 Å². The molecule has 0 aromatic heterocycles. The second kappa shape index (κ2) is 10.3. The van der Waals surface area contributed by atoms with Gasteiger partial charge >= 0.3 is 5.97 Å². The second-order valence-corrected chi connectivity index (χ2v) is 6.37. The lowest BCUT2D eigenvalue weighted by atomic mass is 10.1. The first-order chi connectivity index (χ1) is 13.4. The molecule has 2 rings (SSSR count). The Balaban J connectivity index is 2.12. The van der Waals surface area contributed by atoms with Crippen LogP contribution in [0.25, 0.3) is 6.08 Å². The molecule has 0 aliphatic rings. The summed E-state index contributed by atoms with van der Waals surface area (Å²) in [7, 11) is 2.84. The summed E-state index contributed by atoms with van der Waals surface area (Å²) in [5.74, 6) is -1.03. The average molecular weight is 401 g/mol. The molecule has 0 atom stereocenters. The van der Waals surface area contributed by atoms with Crippen molar-refractivity contribution in [2.75, 3.05) is 20.7 Å². The predicted octanol–water partition coefficient (Wildman–Crippen LogP) is 2.91. The van der Waals surface area contributed by atoms with E-state index in [0.29, 0.717) is 10.6 Å². The molecule has 0 saturated heterocycles. The SMILES string of the molecule is CNC(=O)c1ccc(/C=C/C(=O)N(CC(=O)OC)Cc2ccc(Cl)cc2)cc1. The number of rotatable bonds is 7. The van der Waals surface area contributed by atoms with Crippen LogP contribution < -0.4 is 5.32 Å². The smallest absolute Gasteiger partial charge is 0.325 e. The van der Waals surface area contributed by atoms with Gasteiger partial charge in [0.15, 0.2) is 0 Å². The van der Waals surface area contributed by atoms with E-state index < -0.39 is 5.97 Å². The molecule has 0 fully saturated rings. The highest BCUT2D eigenvalue weighted by molar-refractivity contribution is 6.30. The molecule has 7 heteroatoms. The van der Waals surface area contributed by atoms with E-state index in [2.05, 4.69) is 10.1 Å². The lowest BCUT2D eigenvalue weighted by Gasteiger charge is -2.20. The molecule has 6 nitrogen and oxygen atoms in total. The Bertz CT molecular complexity index is 861. The number of nitrogens with one attached hydrogen (secondary N) is 1. The van der Waals surface area contributed by atoms with Gasteiger partial charge in [-0.2, -0.15) is 0 Å². The van der Waals surface area contributed by atoms with Crippen LogP contribution in [0.2, 0.25) is 5.02 Å². The Kier molecular flexibility index (Phi) is 7.77. The Labute approximate surface area is 168 Å². The van der Waals surface area contributed by atoms with Gasteiger partial charge in [-0.15, -0.1) is 0 Å². The van der Waals surface area contributed by atoms with Gasteiger partial charge in [0.25, 0.3) is 5.91 Å². The van der Waals surface area contributed by atoms with Crippen LogP contribution in [0.3, 0.4) is 0 Å². The largest absolute Gasteiger partial charge is 0.468 e. The number of carbonyl (C=O) groups is 3. The van der Waals surface area contributed by atoms with E-state index in [1.165, 1.54) is 18.1 Å². The minimum Gasteiger partial charge on any atom is -0.468 e. The van der Waals surface area contributed by atoms with Gasteiger partial charge in [0.1, 0.15) is 6.54 Å². The number of ether oxygens (including phenoxy) is 1. The van der Waals surface area contributed by atoms with Crippen molar-refractivity contribution in [1.82, 2.24) is 10.2 Å². The summed E-state index contributed by atoms with van der Waals surface area (Å²) in [5.41, 5.74) is 2.12. The van der Waals surface area contributed by atoms with Crippen molar-refractivity contribution in [3.63, 3.8) is 0 Å². The fraction of sp³-hybridized carbons (Fsp3) is 0.190. The molecule has 0 unspecified atom stereocenters. The van der Waals surface area contributed by atoms with Crippen molar-refractivity contribution in [3.05, 3.63) is 76.3 Å². The number of nitrogens with zero attached hydrogens (tertiary/aromatic N) is 1. The molecule has 0 radical (unpaired) electrons. The molecular formula is C21H21ClN2O4. The topological polar surface area (TPSA) is 75.7 Å². The van der Waals surface area contributed by atoms with Crippen molar-refractivity contribution in [2.45, 2.75) is 6.54 Å². The molecule has 0 aliphatic heterocycles. The first kappa shape index (κ1) is 21.2. The standard InChI is InChI=1S/C21H21ClN2O4/c1-23-21(27)17-8-3-15(4-9-17)7-12-19(25)24(14-20(26)28-2)13-16-5-10-18(22)11-6-16/h3-12H,13-14H2,1-2H3,(H,23,27)/b12-7+. The van der Waals surface area contributed by atoms with Gasteiger partial charge in [0.05, 0.1) is 7.11 Å². The lowest BCUT2D eigenvalue weighted by molar-refractivity contribution is -0.145. The van der Waals surface area contributed by atoms with Gasteiger partial charge in [-0.25, -0.2) is 0 Å². The molecule has 0 aliphatic carbocycles. The van der Waals surface area contributed by atoms with Crippen LogP contribution in [-0.2, 0) is 20.9 Å². The van der Waals surface area contributed by atoms with E-state index in [9.17, 15) is 14.4 Å². The molecule has 0 spiro atoms. The Morgan fingerprint density at radius 1 is 1.07 bits per heavy atom. The van der Waals surface area contributed by atoms with Gasteiger partial charge < -0.3 is 15.0 Å². The third-order valence-electron chi connectivity index (χ3n) is 3.96. The van der Waals surface area contributed by atoms with Crippen molar-refractivity contribution in [2.24, 2.45) is 0 Å². The van der Waals surface area contributed by atoms with Gasteiger partial charge in [0, 0.05) is 30.3 Å². The van der Waals surface area contributed by atoms with Crippen molar-refractivity contribution < 1.29 is 19.1 Å². The maximum atomic E-state index is 12.6. The van der Waals surface area contributed by atoms with Gasteiger partial charge in [-0.05, 0) is 41.5 Å². The molecule has 2 aromatic carbocycles. The fourth-order valence-corrected chi connectivity index (χ4v) is 2.53. The number of carbonyl (C=O) groups excluding carboxylic acids is 3. The molecule has 2 aromatic rings. The minimum atomic E-state index is -0.509. The summed E-state index contributed by atoms with van der Waals surface area (Å²) in [6, 6.07) is 13.8. The third kappa shape index (κ3) is 6.25. The first-order valence-corrected chi connectivity index (χ1v) is 8.91. The molecule has 146 valence electrons. The van der Waals surface area contributed by atoms with Gasteiger partial charge in [-0.3, -0.25) is 14.4 Å². The van der Waals surface area contributed by atoms with E-state index in [1.807, 2.05) is 0 Å². The fourth-order valence-electron chi connectivity index (χ4n) is 2.41. The van der Waals surface area contributed by atoms with Crippen LogP contribution >= 0.6 is 11.6 Å². The van der Waals surface area contributed by atoms with E-state index in [1.54, 1.807) is 61.7 Å². The van der Waals surface area contributed by atoms with E-state index in [4.69, 9.17) is 11.6 Å². The maximum Gasteiger partial charge on any atom is 0.325 e. The number of esters is 1. The zero-order valence-corrected chi connectivity index (χ0v) is 16.4. The highest BCUT2D eigenvalue weighted by Crippen LogP contribution is 2.13. The molecule has 2 amide bonds. The number of methoxy groups -OCH3 is 1. The highest BCUT2D eigenvalue weighted by Gasteiger charge is 2.16. The predicted molar refractivity (Wildman–Crippen MR) is 108 cm³/mol. The molecule has 0 heterocycles. The van der Waals surface area contributed by atoms with Crippen LogP contribution in [0.15, 0.2) is 54.6 Å². The Hall–Kier alpha value is -3.12. The van der Waals surface area contributed by atoms with Crippen molar-refractivity contribution >= 4 is 35.5 Å². The number of amides is 2. The number of benzene rings is 2. The highest BCUT2D eigenvalue weighted by atomic mass is 35.5. The summed E-state index contributed by atoms with van der Waals surface area (Å²) >= 11 is 5.88. The van der Waals surface area contributed by atoms with E-state index >= 15 is 0 Å². The molecule has 0 saturated carbocycles. The summed E-state index contributed by atoms with van der Waals surface area (Å²) in [4.78, 5) is 37.2. The third-order valence-corrected chi connectivity index (χ3v) is 4.22. The Morgan fingerprint density at radius 3 is 2.29 bits per heavy atom. The summed E-state index contributed by atoms with van der Waals surface area (Å²) in [5, 5.41) is 3.14. The zero-order chi connectivity index (χ0) is 20.5. The lowest BCUT2D eigenvalue weighted by Crippen LogP contribution is -2.34. The van der Waals surface area contributed by atoms with Crippen molar-refractivity contribution in [1.29, 1.82) is 0 Å². The number of hydrogen-bond acceptors (Lipinski definition) is 4. The molecule has 1 N–H and O–H groups in total. The summed E-state index contributed by atoms with van der Waals surface area (Å²) in [6.07, 6.45) is 3.01. The monoisotopic (exact) mass is 400 g/mol. The molecule has 0 bridgehead atoms. The summed E-state index contributed by atoms with van der Waals surface area (Å²) < 4.78 is 4.68. The first-order valence-electron chi connectivity index (χ1n) is 8.53. The van der Waals surface area contributed by atoms with Crippen LogP contribution in [-0.4, -0.2) is 43.4 Å². The van der Waals surface area contributed by atoms with Crippen LogP contribution in [0.5, 0.6) is 0 Å². The number of halogens is 1. The zero-order valence-electron chi connectivity index (χ0n) is 15.6. The normalized spacial score (nSPS) is 10.5.